The monoisotopic (exact) mass is 365 g/mol. The first-order valence-corrected chi connectivity index (χ1v) is 8.71. The van der Waals surface area contributed by atoms with Crippen LogP contribution in [0, 0.1) is 0 Å². The Morgan fingerprint density at radius 3 is 1.96 bits per heavy atom. The van der Waals surface area contributed by atoms with Gasteiger partial charge in [-0.2, -0.15) is 0 Å². The molecule has 2 aromatic carbocycles. The van der Waals surface area contributed by atoms with Crippen LogP contribution < -0.4 is 16.4 Å². The molecule has 0 radical (unpaired) electrons. The molecule has 3 rings (SSSR count). The van der Waals surface area contributed by atoms with Gasteiger partial charge in [0.15, 0.2) is 0 Å². The Bertz CT molecular complexity index is 1150. The first-order chi connectivity index (χ1) is 12.6. The SMILES string of the molecule is Cn1c(=O)c(=O)n(C)c2cc(NC(=O)c3ccc(C(C)(C)C)cc3)ccc21. The summed E-state index contributed by atoms with van der Waals surface area (Å²) in [6, 6.07) is 12.6. The average molecular weight is 365 g/mol. The van der Waals surface area contributed by atoms with E-state index in [0.29, 0.717) is 22.3 Å². The summed E-state index contributed by atoms with van der Waals surface area (Å²) in [6.07, 6.45) is 0. The van der Waals surface area contributed by atoms with Crippen molar-refractivity contribution in [3.8, 4) is 0 Å². The largest absolute Gasteiger partial charge is 0.322 e. The molecule has 1 N–H and O–H groups in total. The van der Waals surface area contributed by atoms with Gasteiger partial charge in [-0.25, -0.2) is 0 Å². The van der Waals surface area contributed by atoms with Crippen molar-refractivity contribution in [2.24, 2.45) is 14.1 Å². The Balaban J connectivity index is 1.94. The third-order valence-electron chi connectivity index (χ3n) is 4.76. The number of anilines is 1. The number of carbonyl (C=O) groups is 1. The Morgan fingerprint density at radius 2 is 1.41 bits per heavy atom. The molecular formula is C21H23N3O3. The number of rotatable bonds is 2. The molecule has 1 aromatic heterocycles. The fraction of sp³-hybridized carbons (Fsp3) is 0.286. The van der Waals surface area contributed by atoms with Crippen LogP contribution in [0.1, 0.15) is 36.7 Å². The van der Waals surface area contributed by atoms with Crippen LogP contribution in [0.3, 0.4) is 0 Å². The van der Waals surface area contributed by atoms with E-state index in [4.69, 9.17) is 0 Å². The smallest absolute Gasteiger partial charge is 0.316 e. The van der Waals surface area contributed by atoms with Crippen LogP contribution in [-0.4, -0.2) is 15.0 Å². The lowest BCUT2D eigenvalue weighted by Crippen LogP contribution is -2.39. The summed E-state index contributed by atoms with van der Waals surface area (Å²) in [5.41, 5.74) is 2.29. The van der Waals surface area contributed by atoms with E-state index in [1.54, 1.807) is 44.4 Å². The minimum atomic E-state index is -0.605. The van der Waals surface area contributed by atoms with Crippen molar-refractivity contribution in [3.05, 3.63) is 74.3 Å². The van der Waals surface area contributed by atoms with Crippen LogP contribution >= 0.6 is 0 Å². The number of hydrogen-bond donors (Lipinski definition) is 1. The van der Waals surface area contributed by atoms with Crippen molar-refractivity contribution in [1.29, 1.82) is 0 Å². The molecule has 0 unspecified atom stereocenters. The second kappa shape index (κ2) is 6.54. The molecule has 0 spiro atoms. The predicted octanol–water partition coefficient (Wildman–Crippen LogP) is 2.79. The van der Waals surface area contributed by atoms with Crippen LogP contribution in [0.4, 0.5) is 5.69 Å². The van der Waals surface area contributed by atoms with E-state index in [1.165, 1.54) is 9.13 Å². The van der Waals surface area contributed by atoms with Crippen LogP contribution in [0.5, 0.6) is 0 Å². The van der Waals surface area contributed by atoms with Gasteiger partial charge >= 0.3 is 11.1 Å². The zero-order valence-corrected chi connectivity index (χ0v) is 16.2. The van der Waals surface area contributed by atoms with Gasteiger partial charge in [-0.05, 0) is 41.3 Å². The molecule has 0 fully saturated rings. The highest BCUT2D eigenvalue weighted by Crippen LogP contribution is 2.23. The third kappa shape index (κ3) is 3.43. The van der Waals surface area contributed by atoms with E-state index in [0.717, 1.165) is 5.56 Å². The van der Waals surface area contributed by atoms with E-state index in [9.17, 15) is 14.4 Å². The fourth-order valence-corrected chi connectivity index (χ4v) is 2.98. The van der Waals surface area contributed by atoms with Gasteiger partial charge in [-0.1, -0.05) is 32.9 Å². The first kappa shape index (κ1) is 18.6. The van der Waals surface area contributed by atoms with Gasteiger partial charge in [0.25, 0.3) is 5.91 Å². The van der Waals surface area contributed by atoms with Crippen LogP contribution in [-0.2, 0) is 19.5 Å². The predicted molar refractivity (Wildman–Crippen MR) is 108 cm³/mol. The summed E-state index contributed by atoms with van der Waals surface area (Å²) >= 11 is 0. The number of aromatic nitrogens is 2. The zero-order valence-electron chi connectivity index (χ0n) is 16.2. The fourth-order valence-electron chi connectivity index (χ4n) is 2.98. The highest BCUT2D eigenvalue weighted by atomic mass is 16.2. The maximum Gasteiger partial charge on any atom is 0.316 e. The van der Waals surface area contributed by atoms with Crippen molar-refractivity contribution in [2.75, 3.05) is 5.32 Å². The van der Waals surface area contributed by atoms with E-state index in [2.05, 4.69) is 26.1 Å². The Hall–Kier alpha value is -3.15. The molecule has 0 aliphatic rings. The van der Waals surface area contributed by atoms with Crippen molar-refractivity contribution >= 4 is 22.6 Å². The molecule has 27 heavy (non-hydrogen) atoms. The average Bonchev–Trinajstić information content (AvgIpc) is 2.64. The number of carbonyl (C=O) groups excluding carboxylic acids is 1. The number of benzene rings is 2. The minimum Gasteiger partial charge on any atom is -0.322 e. The molecule has 1 heterocycles. The van der Waals surface area contributed by atoms with E-state index in [1.807, 2.05) is 12.1 Å². The summed E-state index contributed by atoms with van der Waals surface area (Å²) in [5, 5.41) is 2.85. The van der Waals surface area contributed by atoms with Gasteiger partial charge in [-0.3, -0.25) is 14.4 Å². The molecule has 0 aliphatic carbocycles. The topological polar surface area (TPSA) is 73.1 Å². The molecule has 3 aromatic rings. The maximum atomic E-state index is 12.5. The van der Waals surface area contributed by atoms with Gasteiger partial charge in [0, 0.05) is 25.3 Å². The molecular weight excluding hydrogens is 342 g/mol. The third-order valence-corrected chi connectivity index (χ3v) is 4.76. The van der Waals surface area contributed by atoms with Gasteiger partial charge in [0.2, 0.25) is 0 Å². The number of fused-ring (bicyclic) bond motifs is 1. The van der Waals surface area contributed by atoms with E-state index >= 15 is 0 Å². The van der Waals surface area contributed by atoms with E-state index < -0.39 is 11.1 Å². The molecule has 0 saturated heterocycles. The van der Waals surface area contributed by atoms with Crippen molar-refractivity contribution in [3.63, 3.8) is 0 Å². The Morgan fingerprint density at radius 1 is 0.852 bits per heavy atom. The zero-order chi connectivity index (χ0) is 19.9. The van der Waals surface area contributed by atoms with Crippen molar-refractivity contribution < 1.29 is 4.79 Å². The first-order valence-electron chi connectivity index (χ1n) is 8.71. The number of amides is 1. The molecule has 1 amide bonds. The van der Waals surface area contributed by atoms with Crippen LogP contribution in [0.25, 0.3) is 11.0 Å². The standard InChI is InChI=1S/C21H23N3O3/c1-21(2,3)14-8-6-13(7-9-14)18(25)22-15-10-11-16-17(12-15)24(5)20(27)19(26)23(16)4/h6-12H,1-5H3,(H,22,25). The highest BCUT2D eigenvalue weighted by molar-refractivity contribution is 6.05. The van der Waals surface area contributed by atoms with E-state index in [-0.39, 0.29) is 11.3 Å². The van der Waals surface area contributed by atoms with Gasteiger partial charge in [-0.15, -0.1) is 0 Å². The molecule has 6 heteroatoms. The second-order valence-electron chi connectivity index (χ2n) is 7.71. The molecule has 0 atom stereocenters. The number of aryl methyl sites for hydroxylation is 2. The minimum absolute atomic E-state index is 0.0219. The summed E-state index contributed by atoms with van der Waals surface area (Å²) in [5.74, 6) is -0.232. The lowest BCUT2D eigenvalue weighted by Gasteiger charge is -2.19. The van der Waals surface area contributed by atoms with Crippen molar-refractivity contribution in [1.82, 2.24) is 9.13 Å². The quantitative estimate of drug-likeness (QED) is 0.710. The summed E-state index contributed by atoms with van der Waals surface area (Å²) in [7, 11) is 3.10. The highest BCUT2D eigenvalue weighted by Gasteiger charge is 2.15. The Kier molecular flexibility index (Phi) is 4.51. The summed E-state index contributed by atoms with van der Waals surface area (Å²) < 4.78 is 2.61. The molecule has 140 valence electrons. The van der Waals surface area contributed by atoms with Crippen LogP contribution in [0.2, 0.25) is 0 Å². The number of nitrogens with zero attached hydrogens (tertiary/aromatic N) is 2. The number of nitrogens with one attached hydrogen (secondary N) is 1. The number of hydrogen-bond acceptors (Lipinski definition) is 3. The maximum absolute atomic E-state index is 12.5. The van der Waals surface area contributed by atoms with Crippen LogP contribution in [0.15, 0.2) is 52.1 Å². The Labute approximate surface area is 157 Å². The normalized spacial score (nSPS) is 11.6. The molecule has 0 aliphatic heterocycles. The molecule has 0 bridgehead atoms. The van der Waals surface area contributed by atoms with Gasteiger partial charge in [0.1, 0.15) is 0 Å². The van der Waals surface area contributed by atoms with Crippen molar-refractivity contribution in [2.45, 2.75) is 26.2 Å². The summed E-state index contributed by atoms with van der Waals surface area (Å²) in [6.45, 7) is 6.36. The second-order valence-corrected chi connectivity index (χ2v) is 7.71. The molecule has 6 nitrogen and oxygen atoms in total. The lowest BCUT2D eigenvalue weighted by atomic mass is 9.87. The summed E-state index contributed by atoms with van der Waals surface area (Å²) in [4.78, 5) is 36.5. The lowest BCUT2D eigenvalue weighted by molar-refractivity contribution is 0.102. The molecule has 0 saturated carbocycles. The van der Waals surface area contributed by atoms with Gasteiger partial charge in [0.05, 0.1) is 11.0 Å². The van der Waals surface area contributed by atoms with Gasteiger partial charge < -0.3 is 14.5 Å².